The second-order valence-electron chi connectivity index (χ2n) is 4.38. The Labute approximate surface area is 113 Å². The zero-order valence-corrected chi connectivity index (χ0v) is 11.3. The summed E-state index contributed by atoms with van der Waals surface area (Å²) in [6.07, 6.45) is 0. The molecule has 0 spiro atoms. The Balaban J connectivity index is 2.15. The number of ether oxygens (including phenoxy) is 1. The van der Waals surface area contributed by atoms with Gasteiger partial charge in [0.15, 0.2) is 0 Å². The van der Waals surface area contributed by atoms with Crippen molar-refractivity contribution in [2.45, 2.75) is 19.9 Å². The lowest BCUT2D eigenvalue weighted by atomic mass is 10.1. The predicted octanol–water partition coefficient (Wildman–Crippen LogP) is 3.96. The van der Waals surface area contributed by atoms with Crippen molar-refractivity contribution >= 4 is 5.69 Å². The van der Waals surface area contributed by atoms with Crippen molar-refractivity contribution in [2.24, 2.45) is 0 Å². The normalized spacial score (nSPS) is 11.9. The van der Waals surface area contributed by atoms with Crippen LogP contribution in [-0.4, -0.2) is 11.7 Å². The Morgan fingerprint density at radius 1 is 1.11 bits per heavy atom. The zero-order valence-electron chi connectivity index (χ0n) is 11.3. The highest BCUT2D eigenvalue weighted by Gasteiger charge is 2.10. The summed E-state index contributed by atoms with van der Waals surface area (Å²) in [5.41, 5.74) is 2.09. The van der Waals surface area contributed by atoms with E-state index in [9.17, 15) is 5.11 Å². The first-order chi connectivity index (χ1) is 9.20. The molecule has 1 unspecified atom stereocenters. The summed E-state index contributed by atoms with van der Waals surface area (Å²) in [4.78, 5) is 0. The standard InChI is InChI=1S/C16H19NO2/c1-3-19-16-7-5-4-6-15(16)12(2)17-13-8-10-14(18)11-9-13/h4-12,17-18H,3H2,1-2H3. The van der Waals surface area contributed by atoms with Crippen LogP contribution in [0.2, 0.25) is 0 Å². The summed E-state index contributed by atoms with van der Waals surface area (Å²) in [5.74, 6) is 1.18. The van der Waals surface area contributed by atoms with Gasteiger partial charge in [-0.1, -0.05) is 18.2 Å². The molecule has 0 aromatic heterocycles. The van der Waals surface area contributed by atoms with E-state index in [1.54, 1.807) is 12.1 Å². The lowest BCUT2D eigenvalue weighted by Crippen LogP contribution is -2.08. The minimum Gasteiger partial charge on any atom is -0.508 e. The van der Waals surface area contributed by atoms with Crippen molar-refractivity contribution < 1.29 is 9.84 Å². The topological polar surface area (TPSA) is 41.5 Å². The molecule has 0 saturated carbocycles. The Morgan fingerprint density at radius 3 is 2.47 bits per heavy atom. The third-order valence-corrected chi connectivity index (χ3v) is 2.94. The van der Waals surface area contributed by atoms with E-state index in [2.05, 4.69) is 18.3 Å². The van der Waals surface area contributed by atoms with Crippen LogP contribution in [0.15, 0.2) is 48.5 Å². The molecule has 2 N–H and O–H groups in total. The van der Waals surface area contributed by atoms with Crippen LogP contribution in [0.4, 0.5) is 5.69 Å². The van der Waals surface area contributed by atoms with Crippen LogP contribution in [0.1, 0.15) is 25.5 Å². The van der Waals surface area contributed by atoms with Crippen molar-refractivity contribution in [3.8, 4) is 11.5 Å². The zero-order chi connectivity index (χ0) is 13.7. The van der Waals surface area contributed by atoms with E-state index < -0.39 is 0 Å². The van der Waals surface area contributed by atoms with Crippen molar-refractivity contribution in [3.05, 3.63) is 54.1 Å². The van der Waals surface area contributed by atoms with Crippen molar-refractivity contribution in [1.29, 1.82) is 0 Å². The van der Waals surface area contributed by atoms with Crippen LogP contribution >= 0.6 is 0 Å². The molecule has 2 rings (SSSR count). The van der Waals surface area contributed by atoms with Gasteiger partial charge in [0.1, 0.15) is 11.5 Å². The molecule has 0 amide bonds. The summed E-state index contributed by atoms with van der Waals surface area (Å²) >= 11 is 0. The highest BCUT2D eigenvalue weighted by atomic mass is 16.5. The number of hydrogen-bond acceptors (Lipinski definition) is 3. The van der Waals surface area contributed by atoms with Crippen molar-refractivity contribution in [2.75, 3.05) is 11.9 Å². The molecule has 0 aliphatic heterocycles. The van der Waals surface area contributed by atoms with Crippen LogP contribution < -0.4 is 10.1 Å². The monoisotopic (exact) mass is 257 g/mol. The number of nitrogens with one attached hydrogen (secondary N) is 1. The maximum atomic E-state index is 9.27. The second kappa shape index (κ2) is 6.14. The largest absolute Gasteiger partial charge is 0.508 e. The number of anilines is 1. The molecular weight excluding hydrogens is 238 g/mol. The first kappa shape index (κ1) is 13.3. The number of benzene rings is 2. The molecule has 0 heterocycles. The minimum atomic E-state index is 0.132. The first-order valence-electron chi connectivity index (χ1n) is 6.48. The molecule has 19 heavy (non-hydrogen) atoms. The van der Waals surface area contributed by atoms with Gasteiger partial charge in [-0.15, -0.1) is 0 Å². The predicted molar refractivity (Wildman–Crippen MR) is 77.8 cm³/mol. The van der Waals surface area contributed by atoms with E-state index in [4.69, 9.17) is 4.74 Å². The van der Waals surface area contributed by atoms with Gasteiger partial charge >= 0.3 is 0 Å². The van der Waals surface area contributed by atoms with Gasteiger partial charge in [-0.3, -0.25) is 0 Å². The number of phenolic OH excluding ortho intramolecular Hbond substituents is 1. The van der Waals surface area contributed by atoms with E-state index in [1.807, 2.05) is 37.3 Å². The van der Waals surface area contributed by atoms with Gasteiger partial charge in [0.2, 0.25) is 0 Å². The Bertz CT molecular complexity index is 523. The fourth-order valence-corrected chi connectivity index (χ4v) is 2.01. The average molecular weight is 257 g/mol. The maximum Gasteiger partial charge on any atom is 0.124 e. The first-order valence-corrected chi connectivity index (χ1v) is 6.48. The average Bonchev–Trinajstić information content (AvgIpc) is 2.42. The molecule has 0 aliphatic rings. The van der Waals surface area contributed by atoms with Gasteiger partial charge in [-0.25, -0.2) is 0 Å². The van der Waals surface area contributed by atoms with Gasteiger partial charge in [0.25, 0.3) is 0 Å². The minimum absolute atomic E-state index is 0.132. The van der Waals surface area contributed by atoms with Crippen molar-refractivity contribution in [3.63, 3.8) is 0 Å². The number of hydrogen-bond donors (Lipinski definition) is 2. The molecule has 3 nitrogen and oxygen atoms in total. The van der Waals surface area contributed by atoms with Gasteiger partial charge in [0, 0.05) is 11.3 Å². The maximum absolute atomic E-state index is 9.27. The molecule has 100 valence electrons. The highest BCUT2D eigenvalue weighted by Crippen LogP contribution is 2.28. The molecule has 0 aliphatic carbocycles. The van der Waals surface area contributed by atoms with E-state index >= 15 is 0 Å². The lowest BCUT2D eigenvalue weighted by molar-refractivity contribution is 0.335. The van der Waals surface area contributed by atoms with E-state index in [0.717, 1.165) is 17.0 Å². The number of phenols is 1. The number of aromatic hydroxyl groups is 1. The fourth-order valence-electron chi connectivity index (χ4n) is 2.01. The SMILES string of the molecule is CCOc1ccccc1C(C)Nc1ccc(O)cc1. The summed E-state index contributed by atoms with van der Waals surface area (Å²) < 4.78 is 5.63. The molecule has 0 saturated heterocycles. The second-order valence-corrected chi connectivity index (χ2v) is 4.38. The quantitative estimate of drug-likeness (QED) is 0.796. The molecular formula is C16H19NO2. The number of rotatable bonds is 5. The molecule has 0 bridgehead atoms. The van der Waals surface area contributed by atoms with E-state index in [0.29, 0.717) is 6.61 Å². The van der Waals surface area contributed by atoms with Crippen LogP contribution in [-0.2, 0) is 0 Å². The van der Waals surface area contributed by atoms with E-state index in [-0.39, 0.29) is 11.8 Å². The molecule has 2 aromatic rings. The highest BCUT2D eigenvalue weighted by molar-refractivity contribution is 5.49. The van der Waals surface area contributed by atoms with Crippen LogP contribution in [0.25, 0.3) is 0 Å². The lowest BCUT2D eigenvalue weighted by Gasteiger charge is -2.19. The van der Waals surface area contributed by atoms with Crippen LogP contribution in [0.5, 0.6) is 11.5 Å². The third kappa shape index (κ3) is 3.41. The third-order valence-electron chi connectivity index (χ3n) is 2.94. The van der Waals surface area contributed by atoms with Crippen LogP contribution in [0.3, 0.4) is 0 Å². The van der Waals surface area contributed by atoms with Gasteiger partial charge in [-0.05, 0) is 44.2 Å². The Kier molecular flexibility index (Phi) is 4.29. The summed E-state index contributed by atoms with van der Waals surface area (Å²) in [5, 5.41) is 12.7. The summed E-state index contributed by atoms with van der Waals surface area (Å²) in [6.45, 7) is 4.72. The summed E-state index contributed by atoms with van der Waals surface area (Å²) in [6, 6.07) is 15.2. The molecule has 0 fully saturated rings. The van der Waals surface area contributed by atoms with Crippen LogP contribution in [0, 0.1) is 0 Å². The smallest absolute Gasteiger partial charge is 0.124 e. The van der Waals surface area contributed by atoms with Gasteiger partial charge in [-0.2, -0.15) is 0 Å². The fraction of sp³-hybridized carbons (Fsp3) is 0.250. The molecule has 1 atom stereocenters. The van der Waals surface area contributed by atoms with Gasteiger partial charge in [0.05, 0.1) is 12.6 Å². The Hall–Kier alpha value is -2.16. The molecule has 0 radical (unpaired) electrons. The number of para-hydroxylation sites is 1. The molecule has 3 heteroatoms. The van der Waals surface area contributed by atoms with Gasteiger partial charge < -0.3 is 15.2 Å². The molecule has 2 aromatic carbocycles. The summed E-state index contributed by atoms with van der Waals surface area (Å²) in [7, 11) is 0. The Morgan fingerprint density at radius 2 is 1.79 bits per heavy atom. The van der Waals surface area contributed by atoms with Crippen molar-refractivity contribution in [1.82, 2.24) is 0 Å². The van der Waals surface area contributed by atoms with E-state index in [1.165, 1.54) is 0 Å².